The summed E-state index contributed by atoms with van der Waals surface area (Å²) in [7, 11) is 3.05. The summed E-state index contributed by atoms with van der Waals surface area (Å²) in [5, 5.41) is 5.77. The lowest BCUT2D eigenvalue weighted by Crippen LogP contribution is -2.34. The normalized spacial score (nSPS) is 18.4. The molecule has 6 heteroatoms. The highest BCUT2D eigenvalue weighted by Gasteiger charge is 2.41. The smallest absolute Gasteiger partial charge is 0.308 e. The number of fused-ring (bicyclic) bond motifs is 3. The van der Waals surface area contributed by atoms with Crippen molar-refractivity contribution in [3.8, 4) is 17.2 Å². The zero-order valence-corrected chi connectivity index (χ0v) is 20.7. The fourth-order valence-corrected chi connectivity index (χ4v) is 5.45. The fourth-order valence-electron chi connectivity index (χ4n) is 5.45. The Morgan fingerprint density at radius 2 is 1.69 bits per heavy atom. The number of anilines is 1. The Labute approximate surface area is 204 Å². The number of ketones is 1. The van der Waals surface area contributed by atoms with Gasteiger partial charge < -0.3 is 19.5 Å². The molecule has 2 aliphatic rings. The molecule has 0 amide bonds. The number of hydrogen-bond donors (Lipinski definition) is 1. The lowest BCUT2D eigenvalue weighted by atomic mass is 9.68. The Hall–Kier alpha value is -3.80. The van der Waals surface area contributed by atoms with Crippen LogP contribution in [0.3, 0.4) is 0 Å². The molecule has 180 valence electrons. The number of hydrogen-bond acceptors (Lipinski definition) is 6. The minimum atomic E-state index is -0.470. The van der Waals surface area contributed by atoms with Crippen molar-refractivity contribution < 1.29 is 23.8 Å². The Morgan fingerprint density at radius 1 is 1.00 bits per heavy atom. The van der Waals surface area contributed by atoms with Crippen molar-refractivity contribution in [1.82, 2.24) is 0 Å². The minimum absolute atomic E-state index is 0.129. The van der Waals surface area contributed by atoms with E-state index in [-0.39, 0.29) is 22.9 Å². The summed E-state index contributed by atoms with van der Waals surface area (Å²) in [6.45, 7) is 5.59. The molecule has 1 aliphatic carbocycles. The SMILES string of the molecule is COc1cc([C@@H]2C3=C(CC(C)(C)CC3=O)Nc3ccc4ccccc4c32)cc(OC)c1OC(C)=O. The Balaban J connectivity index is 1.81. The average molecular weight is 472 g/mol. The molecule has 0 aromatic heterocycles. The molecule has 35 heavy (non-hydrogen) atoms. The quantitative estimate of drug-likeness (QED) is 0.373. The summed E-state index contributed by atoms with van der Waals surface area (Å²) in [5.74, 6) is 0.312. The van der Waals surface area contributed by atoms with Gasteiger partial charge >= 0.3 is 5.97 Å². The van der Waals surface area contributed by atoms with Crippen LogP contribution in [0.25, 0.3) is 10.8 Å². The van der Waals surface area contributed by atoms with E-state index >= 15 is 0 Å². The number of allylic oxidation sites excluding steroid dienone is 2. The van der Waals surface area contributed by atoms with Gasteiger partial charge in [-0.05, 0) is 51.9 Å². The van der Waals surface area contributed by atoms with Gasteiger partial charge in [0, 0.05) is 36.2 Å². The highest BCUT2D eigenvalue weighted by molar-refractivity contribution is 6.04. The van der Waals surface area contributed by atoms with Gasteiger partial charge in [0.2, 0.25) is 5.75 Å². The van der Waals surface area contributed by atoms with Crippen LogP contribution in [0.15, 0.2) is 59.8 Å². The molecule has 0 spiro atoms. The van der Waals surface area contributed by atoms with Crippen LogP contribution in [-0.2, 0) is 9.59 Å². The van der Waals surface area contributed by atoms with E-state index in [1.165, 1.54) is 21.1 Å². The standard InChI is InChI=1S/C29H29NO5/c1-16(31)35-28-23(33-4)12-18(13-24(28)34-5)25-26-19-9-7-6-8-17(19)10-11-20(26)30-21-14-29(2,3)15-22(32)27(21)25/h6-13,25,30H,14-15H2,1-5H3/t25-/m0/s1. The molecule has 3 aromatic rings. The molecule has 6 nitrogen and oxygen atoms in total. The van der Waals surface area contributed by atoms with Gasteiger partial charge in [0.05, 0.1) is 14.2 Å². The fraction of sp³-hybridized carbons (Fsp3) is 0.310. The summed E-state index contributed by atoms with van der Waals surface area (Å²) in [6, 6.07) is 16.1. The molecule has 0 unspecified atom stereocenters. The lowest BCUT2D eigenvalue weighted by Gasteiger charge is -2.40. The first-order valence-corrected chi connectivity index (χ1v) is 11.7. The van der Waals surface area contributed by atoms with Gasteiger partial charge in [-0.1, -0.05) is 44.2 Å². The summed E-state index contributed by atoms with van der Waals surface area (Å²) < 4.78 is 16.7. The molecule has 0 saturated carbocycles. The number of methoxy groups -OCH3 is 2. The summed E-state index contributed by atoms with van der Waals surface area (Å²) in [5.41, 5.74) is 4.48. The van der Waals surface area contributed by atoms with Gasteiger partial charge in [0.15, 0.2) is 17.3 Å². The van der Waals surface area contributed by atoms with Crippen LogP contribution in [-0.4, -0.2) is 26.0 Å². The van der Waals surface area contributed by atoms with E-state index in [9.17, 15) is 9.59 Å². The van der Waals surface area contributed by atoms with Crippen molar-refractivity contribution in [1.29, 1.82) is 0 Å². The molecule has 3 aromatic carbocycles. The number of carbonyl (C=O) groups excluding carboxylic acids is 2. The maximum absolute atomic E-state index is 13.7. The van der Waals surface area contributed by atoms with Gasteiger partial charge in [-0.15, -0.1) is 0 Å². The number of ether oxygens (including phenoxy) is 3. The van der Waals surface area contributed by atoms with Crippen molar-refractivity contribution in [3.05, 3.63) is 70.9 Å². The number of rotatable bonds is 4. The molecule has 1 N–H and O–H groups in total. The summed E-state index contributed by atoms with van der Waals surface area (Å²) >= 11 is 0. The third-order valence-electron chi connectivity index (χ3n) is 6.82. The highest BCUT2D eigenvalue weighted by Crippen LogP contribution is 2.52. The molecule has 0 bridgehead atoms. The van der Waals surface area contributed by atoms with Crippen LogP contribution in [0, 0.1) is 5.41 Å². The Morgan fingerprint density at radius 3 is 2.34 bits per heavy atom. The zero-order valence-electron chi connectivity index (χ0n) is 20.7. The van der Waals surface area contributed by atoms with E-state index < -0.39 is 5.97 Å². The van der Waals surface area contributed by atoms with Crippen molar-refractivity contribution >= 4 is 28.2 Å². The summed E-state index contributed by atoms with van der Waals surface area (Å²) in [4.78, 5) is 25.4. The lowest BCUT2D eigenvalue weighted by molar-refractivity contribution is -0.132. The number of nitrogens with one attached hydrogen (secondary N) is 1. The molecule has 0 radical (unpaired) electrons. The summed E-state index contributed by atoms with van der Waals surface area (Å²) in [6.07, 6.45) is 1.25. The second kappa shape index (κ2) is 8.45. The van der Waals surface area contributed by atoms with E-state index in [1.54, 1.807) is 0 Å². The molecule has 1 heterocycles. The van der Waals surface area contributed by atoms with Crippen LogP contribution in [0.1, 0.15) is 50.7 Å². The average Bonchev–Trinajstić information content (AvgIpc) is 2.81. The maximum Gasteiger partial charge on any atom is 0.308 e. The van der Waals surface area contributed by atoms with Crippen LogP contribution in [0.2, 0.25) is 0 Å². The highest BCUT2D eigenvalue weighted by atomic mass is 16.6. The molecule has 0 fully saturated rings. The number of esters is 1. The first-order chi connectivity index (χ1) is 16.7. The van der Waals surface area contributed by atoms with Gasteiger partial charge in [0.25, 0.3) is 0 Å². The largest absolute Gasteiger partial charge is 0.493 e. The second-order valence-corrected chi connectivity index (χ2v) is 9.99. The van der Waals surface area contributed by atoms with Gasteiger partial charge in [-0.3, -0.25) is 9.59 Å². The topological polar surface area (TPSA) is 73.9 Å². The zero-order chi connectivity index (χ0) is 24.9. The van der Waals surface area contributed by atoms with Crippen molar-refractivity contribution in [2.45, 2.75) is 39.5 Å². The monoisotopic (exact) mass is 471 g/mol. The van der Waals surface area contributed by atoms with Crippen molar-refractivity contribution in [2.24, 2.45) is 5.41 Å². The maximum atomic E-state index is 13.7. The number of carbonyl (C=O) groups is 2. The minimum Gasteiger partial charge on any atom is -0.493 e. The van der Waals surface area contributed by atoms with Crippen molar-refractivity contribution in [2.75, 3.05) is 19.5 Å². The Kier molecular flexibility index (Phi) is 5.55. The molecule has 0 saturated heterocycles. The van der Waals surface area contributed by atoms with E-state index in [1.807, 2.05) is 24.3 Å². The Bertz CT molecular complexity index is 1380. The van der Waals surface area contributed by atoms with Crippen LogP contribution in [0.5, 0.6) is 17.2 Å². The van der Waals surface area contributed by atoms with Gasteiger partial charge in [0.1, 0.15) is 0 Å². The predicted octanol–water partition coefficient (Wildman–Crippen LogP) is 5.98. The van der Waals surface area contributed by atoms with Gasteiger partial charge in [-0.25, -0.2) is 0 Å². The van der Waals surface area contributed by atoms with E-state index in [0.29, 0.717) is 17.9 Å². The van der Waals surface area contributed by atoms with E-state index in [4.69, 9.17) is 14.2 Å². The second-order valence-electron chi connectivity index (χ2n) is 9.99. The molecule has 1 aliphatic heterocycles. The predicted molar refractivity (Wildman–Crippen MR) is 135 cm³/mol. The third kappa shape index (κ3) is 3.93. The molecular formula is C29H29NO5. The van der Waals surface area contributed by atoms with Crippen LogP contribution < -0.4 is 19.5 Å². The number of benzene rings is 3. The van der Waals surface area contributed by atoms with Crippen LogP contribution >= 0.6 is 0 Å². The first-order valence-electron chi connectivity index (χ1n) is 11.7. The first kappa shape index (κ1) is 23.0. The van der Waals surface area contributed by atoms with E-state index in [2.05, 4.69) is 43.4 Å². The molecule has 5 rings (SSSR count). The third-order valence-corrected chi connectivity index (χ3v) is 6.82. The van der Waals surface area contributed by atoms with E-state index in [0.717, 1.165) is 45.3 Å². The van der Waals surface area contributed by atoms with Crippen molar-refractivity contribution in [3.63, 3.8) is 0 Å². The van der Waals surface area contributed by atoms with Gasteiger partial charge in [-0.2, -0.15) is 0 Å². The number of Topliss-reactive ketones (excluding diaryl/α,β-unsaturated/α-hetero) is 1. The van der Waals surface area contributed by atoms with Crippen LogP contribution in [0.4, 0.5) is 5.69 Å². The molecular weight excluding hydrogens is 442 g/mol. The molecule has 1 atom stereocenters.